The largest absolute Gasteiger partial charge is 0.460 e. The molecule has 0 spiro atoms. The van der Waals surface area contributed by atoms with E-state index in [0.29, 0.717) is 35.2 Å². The van der Waals surface area contributed by atoms with Crippen LogP contribution in [0.2, 0.25) is 0 Å². The van der Waals surface area contributed by atoms with Crippen molar-refractivity contribution in [2.75, 3.05) is 18.1 Å². The van der Waals surface area contributed by atoms with E-state index < -0.39 is 12.1 Å². The van der Waals surface area contributed by atoms with Gasteiger partial charge in [0.15, 0.2) is 5.58 Å². The van der Waals surface area contributed by atoms with Crippen LogP contribution in [0.3, 0.4) is 0 Å². The van der Waals surface area contributed by atoms with E-state index in [1.165, 1.54) is 4.90 Å². The first kappa shape index (κ1) is 23.7. The summed E-state index contributed by atoms with van der Waals surface area (Å²) in [6, 6.07) is 1.54. The highest BCUT2D eigenvalue weighted by Crippen LogP contribution is 2.40. The summed E-state index contributed by atoms with van der Waals surface area (Å²) in [6.07, 6.45) is 5.56. The van der Waals surface area contributed by atoms with Gasteiger partial charge in [0.05, 0.1) is 43.5 Å². The van der Waals surface area contributed by atoms with Crippen molar-refractivity contribution < 1.29 is 28.2 Å². The van der Waals surface area contributed by atoms with E-state index in [0.717, 1.165) is 5.56 Å². The van der Waals surface area contributed by atoms with E-state index in [1.807, 2.05) is 27.1 Å². The van der Waals surface area contributed by atoms with Gasteiger partial charge < -0.3 is 18.6 Å². The molecule has 34 heavy (non-hydrogen) atoms. The first-order chi connectivity index (χ1) is 16.3. The third kappa shape index (κ3) is 4.63. The summed E-state index contributed by atoms with van der Waals surface area (Å²) in [7, 11) is 1.82. The molecule has 4 rings (SSSR count). The van der Waals surface area contributed by atoms with Gasteiger partial charge in [0.25, 0.3) is 0 Å². The van der Waals surface area contributed by atoms with Crippen molar-refractivity contribution in [2.45, 2.75) is 58.8 Å². The molecule has 3 atom stereocenters. The Hall–Kier alpha value is -3.40. The molecule has 3 aromatic heterocycles. The summed E-state index contributed by atoms with van der Waals surface area (Å²) in [5.41, 5.74) is 2.12. The first-order valence-corrected chi connectivity index (χ1v) is 11.5. The zero-order valence-electron chi connectivity index (χ0n) is 20.1. The first-order valence-electron chi connectivity index (χ1n) is 11.5. The lowest BCUT2D eigenvalue weighted by Gasteiger charge is -2.38. The van der Waals surface area contributed by atoms with Crippen molar-refractivity contribution in [1.82, 2.24) is 14.8 Å². The SMILES string of the molecule is CCOC(=O)c1oc2cnc(-c3cnn(C)c3)cc2c1N(C(=O)OCC)C1C[C@@H](C)O[C@@H](C)C1. The van der Waals surface area contributed by atoms with Crippen LogP contribution in [0.4, 0.5) is 10.5 Å². The molecule has 1 amide bonds. The summed E-state index contributed by atoms with van der Waals surface area (Å²) in [4.78, 5) is 32.3. The molecular formula is C24H30N4O6. The Kier molecular flexibility index (Phi) is 6.87. The lowest BCUT2D eigenvalue weighted by molar-refractivity contribution is -0.0374. The van der Waals surface area contributed by atoms with Crippen molar-refractivity contribution in [2.24, 2.45) is 7.05 Å². The van der Waals surface area contributed by atoms with Crippen molar-refractivity contribution in [3.63, 3.8) is 0 Å². The van der Waals surface area contributed by atoms with Crippen molar-refractivity contribution in [3.8, 4) is 11.3 Å². The molecule has 0 saturated carbocycles. The summed E-state index contributed by atoms with van der Waals surface area (Å²) < 4.78 is 24.2. The van der Waals surface area contributed by atoms with Gasteiger partial charge in [-0.25, -0.2) is 9.59 Å². The molecule has 0 aromatic carbocycles. The minimum atomic E-state index is -0.654. The average molecular weight is 471 g/mol. The number of hydrogen-bond acceptors (Lipinski definition) is 8. The minimum absolute atomic E-state index is 0.0539. The second-order valence-electron chi connectivity index (χ2n) is 8.42. The maximum absolute atomic E-state index is 13.3. The number of amides is 1. The van der Waals surface area contributed by atoms with E-state index in [-0.39, 0.29) is 37.2 Å². The number of anilines is 1. The Morgan fingerprint density at radius 3 is 2.47 bits per heavy atom. The van der Waals surface area contributed by atoms with Gasteiger partial charge in [0, 0.05) is 30.2 Å². The zero-order valence-corrected chi connectivity index (χ0v) is 20.1. The van der Waals surface area contributed by atoms with E-state index in [2.05, 4.69) is 10.1 Å². The number of rotatable bonds is 6. The van der Waals surface area contributed by atoms with Crippen LogP contribution < -0.4 is 4.90 Å². The molecule has 0 radical (unpaired) electrons. The summed E-state index contributed by atoms with van der Waals surface area (Å²) in [6.45, 7) is 7.75. The van der Waals surface area contributed by atoms with Crippen LogP contribution in [0.25, 0.3) is 22.2 Å². The average Bonchev–Trinajstić information content (AvgIpc) is 3.37. The lowest BCUT2D eigenvalue weighted by Crippen LogP contribution is -2.48. The number of nitrogens with zero attached hydrogens (tertiary/aromatic N) is 4. The number of carbonyl (C=O) groups excluding carboxylic acids is 2. The third-order valence-electron chi connectivity index (χ3n) is 5.75. The number of aryl methyl sites for hydroxylation is 1. The van der Waals surface area contributed by atoms with Crippen molar-refractivity contribution in [1.29, 1.82) is 0 Å². The molecule has 10 nitrogen and oxygen atoms in total. The Morgan fingerprint density at radius 1 is 1.15 bits per heavy atom. The van der Waals surface area contributed by atoms with Crippen LogP contribution >= 0.6 is 0 Å². The highest BCUT2D eigenvalue weighted by molar-refractivity contribution is 6.10. The van der Waals surface area contributed by atoms with Crippen LogP contribution in [0.1, 0.15) is 51.1 Å². The van der Waals surface area contributed by atoms with Crippen LogP contribution in [0.15, 0.2) is 29.1 Å². The molecule has 1 aliphatic heterocycles. The Labute approximate surface area is 197 Å². The standard InChI is InChI=1S/C24H30N4O6/c1-6-31-23(29)22-21(28(24(30)32-7-2)17-8-14(3)33-15(4)9-17)18-10-19(25-12-20(18)34-22)16-11-26-27(5)13-16/h10-15,17H,6-9H2,1-5H3/t14-,15+,17?. The van der Waals surface area contributed by atoms with Crippen molar-refractivity contribution in [3.05, 3.63) is 30.4 Å². The molecular weight excluding hydrogens is 440 g/mol. The molecule has 0 bridgehead atoms. The van der Waals surface area contributed by atoms with Gasteiger partial charge >= 0.3 is 12.1 Å². The molecule has 4 heterocycles. The number of carbonyl (C=O) groups is 2. The molecule has 1 saturated heterocycles. The number of esters is 1. The van der Waals surface area contributed by atoms with Gasteiger partial charge in [0.1, 0.15) is 5.69 Å². The minimum Gasteiger partial charge on any atom is -0.460 e. The molecule has 182 valence electrons. The Bertz CT molecular complexity index is 1180. The number of hydrogen-bond donors (Lipinski definition) is 0. The molecule has 1 aliphatic rings. The highest BCUT2D eigenvalue weighted by Gasteiger charge is 2.38. The number of ether oxygens (including phenoxy) is 3. The maximum Gasteiger partial charge on any atom is 0.414 e. The van der Waals surface area contributed by atoms with Crippen LogP contribution in [0, 0.1) is 0 Å². The quantitative estimate of drug-likeness (QED) is 0.490. The number of aromatic nitrogens is 3. The maximum atomic E-state index is 13.3. The van der Waals surface area contributed by atoms with E-state index in [1.54, 1.807) is 37.0 Å². The van der Waals surface area contributed by atoms with E-state index in [4.69, 9.17) is 18.6 Å². The van der Waals surface area contributed by atoms with Crippen molar-refractivity contribution >= 4 is 28.7 Å². The van der Waals surface area contributed by atoms with Crippen LogP contribution in [-0.2, 0) is 21.3 Å². The van der Waals surface area contributed by atoms with Crippen LogP contribution in [0.5, 0.6) is 0 Å². The molecule has 1 fully saturated rings. The second kappa shape index (κ2) is 9.84. The molecule has 3 aromatic rings. The van der Waals surface area contributed by atoms with Gasteiger partial charge in [-0.05, 0) is 46.6 Å². The van der Waals surface area contributed by atoms with Gasteiger partial charge in [-0.15, -0.1) is 0 Å². The summed E-state index contributed by atoms with van der Waals surface area (Å²) in [5.74, 6) is -0.707. The van der Waals surface area contributed by atoms with Gasteiger partial charge in [-0.3, -0.25) is 14.6 Å². The predicted octanol–water partition coefficient (Wildman–Crippen LogP) is 4.32. The fourth-order valence-corrected chi connectivity index (χ4v) is 4.47. The zero-order chi connectivity index (χ0) is 24.4. The summed E-state index contributed by atoms with van der Waals surface area (Å²) >= 11 is 0. The molecule has 0 aliphatic carbocycles. The smallest absolute Gasteiger partial charge is 0.414 e. The van der Waals surface area contributed by atoms with Crippen LogP contribution in [-0.4, -0.2) is 58.3 Å². The Morgan fingerprint density at radius 2 is 1.85 bits per heavy atom. The lowest BCUT2D eigenvalue weighted by atomic mass is 9.97. The normalized spacial score (nSPS) is 20.3. The Balaban J connectivity index is 1.92. The number of furan rings is 1. The molecule has 0 N–H and O–H groups in total. The van der Waals surface area contributed by atoms with Gasteiger partial charge in [0.2, 0.25) is 5.76 Å². The topological polar surface area (TPSA) is 109 Å². The fraction of sp³-hybridized carbons (Fsp3) is 0.500. The number of pyridine rings is 1. The van der Waals surface area contributed by atoms with Gasteiger partial charge in [-0.1, -0.05) is 0 Å². The molecule has 1 unspecified atom stereocenters. The summed E-state index contributed by atoms with van der Waals surface area (Å²) in [5, 5.41) is 4.78. The van der Waals surface area contributed by atoms with E-state index in [9.17, 15) is 9.59 Å². The molecule has 10 heteroatoms. The fourth-order valence-electron chi connectivity index (χ4n) is 4.47. The predicted molar refractivity (Wildman–Crippen MR) is 125 cm³/mol. The monoisotopic (exact) mass is 470 g/mol. The second-order valence-corrected chi connectivity index (χ2v) is 8.42. The van der Waals surface area contributed by atoms with E-state index >= 15 is 0 Å². The highest BCUT2D eigenvalue weighted by atomic mass is 16.6. The van der Waals surface area contributed by atoms with Gasteiger partial charge in [-0.2, -0.15) is 5.10 Å². The third-order valence-corrected chi connectivity index (χ3v) is 5.75. The number of fused-ring (bicyclic) bond motifs is 1.